The molecule has 4 rings (SSSR count). The molecular weight excluding hydrogens is 408 g/mol. The molecule has 1 unspecified atom stereocenters. The Balaban J connectivity index is 1.58. The highest BCUT2D eigenvalue weighted by atomic mass is 16.4. The first-order chi connectivity index (χ1) is 15.3. The Hall–Kier alpha value is -1.09. The van der Waals surface area contributed by atoms with Gasteiger partial charge in [0.2, 0.25) is 0 Å². The summed E-state index contributed by atoms with van der Waals surface area (Å²) in [4.78, 5) is 11.1. The molecule has 0 saturated heterocycles. The van der Waals surface area contributed by atoms with Gasteiger partial charge >= 0.3 is 5.97 Å². The van der Waals surface area contributed by atoms with E-state index in [-0.39, 0.29) is 16.9 Å². The quantitative estimate of drug-likeness (QED) is 0.335. The normalized spacial score (nSPS) is 45.5. The van der Waals surface area contributed by atoms with Gasteiger partial charge in [0, 0.05) is 5.57 Å². The van der Waals surface area contributed by atoms with Crippen LogP contribution >= 0.6 is 0 Å². The maximum Gasteiger partial charge on any atom is 0.330 e. The molecule has 0 aromatic carbocycles. The Bertz CT molecular complexity index is 853. The molecule has 0 aliphatic heterocycles. The zero-order valence-corrected chi connectivity index (χ0v) is 22.2. The predicted octanol–water partition coefficient (Wildman–Crippen LogP) is 7.40. The van der Waals surface area contributed by atoms with Crippen molar-refractivity contribution in [2.75, 3.05) is 0 Å². The van der Waals surface area contributed by atoms with Crippen molar-refractivity contribution in [2.24, 2.45) is 45.3 Å². The maximum absolute atomic E-state index is 11.1. The van der Waals surface area contributed by atoms with E-state index in [4.69, 9.17) is 5.11 Å². The van der Waals surface area contributed by atoms with Gasteiger partial charge in [0.05, 0.1) is 6.10 Å². The van der Waals surface area contributed by atoms with Crippen LogP contribution in [0.4, 0.5) is 0 Å². The summed E-state index contributed by atoms with van der Waals surface area (Å²) in [6, 6.07) is 0. The summed E-state index contributed by atoms with van der Waals surface area (Å²) in [5.41, 5.74) is 3.13. The Morgan fingerprint density at radius 1 is 1.12 bits per heavy atom. The number of allylic oxidation sites excluding steroid dienone is 3. The van der Waals surface area contributed by atoms with E-state index in [0.29, 0.717) is 40.1 Å². The van der Waals surface area contributed by atoms with Gasteiger partial charge in [-0.15, -0.1) is 0 Å². The van der Waals surface area contributed by atoms with Gasteiger partial charge in [-0.05, 0) is 110 Å². The molecule has 0 heterocycles. The average Bonchev–Trinajstić information content (AvgIpc) is 3.02. The Labute approximate surface area is 202 Å². The van der Waals surface area contributed by atoms with Crippen LogP contribution in [0.3, 0.4) is 0 Å². The number of carboxylic acids is 1. The smallest absolute Gasteiger partial charge is 0.330 e. The van der Waals surface area contributed by atoms with Crippen molar-refractivity contribution in [2.45, 2.75) is 112 Å². The molecular formula is C30H48O3. The van der Waals surface area contributed by atoms with Gasteiger partial charge in [0.25, 0.3) is 0 Å². The number of rotatable bonds is 5. The van der Waals surface area contributed by atoms with E-state index in [1.165, 1.54) is 25.7 Å². The van der Waals surface area contributed by atoms with Crippen LogP contribution < -0.4 is 0 Å². The Morgan fingerprint density at radius 3 is 2.48 bits per heavy atom. The van der Waals surface area contributed by atoms with Crippen molar-refractivity contribution in [3.63, 3.8) is 0 Å². The summed E-state index contributed by atoms with van der Waals surface area (Å²) in [7, 11) is 0. The van der Waals surface area contributed by atoms with E-state index in [1.807, 2.05) is 6.08 Å². The summed E-state index contributed by atoms with van der Waals surface area (Å²) in [5, 5.41) is 20.0. The lowest BCUT2D eigenvalue weighted by molar-refractivity contribution is -0.132. The fraction of sp³-hybridized carbons (Fsp3) is 0.833. The van der Waals surface area contributed by atoms with Crippen LogP contribution in [0.1, 0.15) is 106 Å². The lowest BCUT2D eigenvalue weighted by Gasteiger charge is -2.64. The van der Waals surface area contributed by atoms with E-state index in [9.17, 15) is 9.90 Å². The summed E-state index contributed by atoms with van der Waals surface area (Å²) >= 11 is 0. The molecule has 3 heteroatoms. The lowest BCUT2D eigenvalue weighted by Crippen LogP contribution is -2.58. The number of carbonyl (C=O) groups is 1. The van der Waals surface area contributed by atoms with Gasteiger partial charge in [0.1, 0.15) is 0 Å². The molecule has 186 valence electrons. The largest absolute Gasteiger partial charge is 0.478 e. The van der Waals surface area contributed by atoms with Crippen LogP contribution in [0, 0.1) is 45.3 Å². The van der Waals surface area contributed by atoms with E-state index in [1.54, 1.807) is 12.5 Å². The minimum absolute atomic E-state index is 0.00892. The topological polar surface area (TPSA) is 57.5 Å². The SMILES string of the molecule is C/C(=C\CC[C@@H](C)[C@H]1CC[C@@]2(C)C3=CCC4C(C)(C)[C@H](O)CC[C@]4(C)[C@H]3CC[C@]12C)C(=O)O. The average molecular weight is 457 g/mol. The molecule has 0 aromatic heterocycles. The zero-order valence-electron chi connectivity index (χ0n) is 22.2. The van der Waals surface area contributed by atoms with Crippen molar-refractivity contribution in [1.29, 1.82) is 0 Å². The number of hydrogen-bond donors (Lipinski definition) is 2. The minimum atomic E-state index is -0.796. The number of carboxylic acid groups (broad SMARTS) is 1. The van der Waals surface area contributed by atoms with Crippen LogP contribution in [0.25, 0.3) is 0 Å². The van der Waals surface area contributed by atoms with E-state index in [2.05, 4.69) is 47.6 Å². The maximum atomic E-state index is 11.1. The molecule has 3 saturated carbocycles. The Kier molecular flexibility index (Phi) is 6.25. The van der Waals surface area contributed by atoms with Crippen molar-refractivity contribution in [1.82, 2.24) is 0 Å². The molecule has 3 fully saturated rings. The predicted molar refractivity (Wildman–Crippen MR) is 135 cm³/mol. The third-order valence-electron chi connectivity index (χ3n) is 12.0. The van der Waals surface area contributed by atoms with E-state index in [0.717, 1.165) is 32.1 Å². The third-order valence-corrected chi connectivity index (χ3v) is 12.0. The number of aliphatic carboxylic acids is 1. The second kappa shape index (κ2) is 8.25. The van der Waals surface area contributed by atoms with Crippen LogP contribution in [0.15, 0.2) is 23.3 Å². The number of hydrogen-bond acceptors (Lipinski definition) is 2. The number of aliphatic hydroxyl groups is 1. The fourth-order valence-electron chi connectivity index (χ4n) is 9.50. The lowest BCUT2D eigenvalue weighted by atomic mass is 9.41. The molecule has 8 atom stereocenters. The number of aliphatic hydroxyl groups excluding tert-OH is 1. The van der Waals surface area contributed by atoms with Crippen LogP contribution in [-0.4, -0.2) is 22.3 Å². The van der Waals surface area contributed by atoms with Gasteiger partial charge in [-0.3, -0.25) is 0 Å². The highest BCUT2D eigenvalue weighted by Gasteiger charge is 2.65. The Morgan fingerprint density at radius 2 is 1.82 bits per heavy atom. The van der Waals surface area contributed by atoms with Gasteiger partial charge in [-0.1, -0.05) is 59.3 Å². The number of fused-ring (bicyclic) bond motifs is 5. The highest BCUT2D eigenvalue weighted by molar-refractivity contribution is 5.85. The van der Waals surface area contributed by atoms with Gasteiger partial charge < -0.3 is 10.2 Å². The first-order valence-corrected chi connectivity index (χ1v) is 13.6. The molecule has 0 bridgehead atoms. The summed E-state index contributed by atoms with van der Waals surface area (Å²) < 4.78 is 0. The van der Waals surface area contributed by atoms with E-state index >= 15 is 0 Å². The minimum Gasteiger partial charge on any atom is -0.478 e. The molecule has 2 N–H and O–H groups in total. The van der Waals surface area contributed by atoms with Crippen LogP contribution in [0.5, 0.6) is 0 Å². The van der Waals surface area contributed by atoms with Crippen LogP contribution in [-0.2, 0) is 4.79 Å². The molecule has 0 radical (unpaired) electrons. The zero-order chi connectivity index (χ0) is 24.4. The first kappa shape index (κ1) is 25.0. The summed E-state index contributed by atoms with van der Waals surface area (Å²) in [5.74, 6) is 1.75. The van der Waals surface area contributed by atoms with Gasteiger partial charge in [-0.25, -0.2) is 4.79 Å². The van der Waals surface area contributed by atoms with E-state index < -0.39 is 5.97 Å². The van der Waals surface area contributed by atoms with Crippen molar-refractivity contribution >= 4 is 5.97 Å². The third kappa shape index (κ3) is 3.58. The summed E-state index contributed by atoms with van der Waals surface area (Å²) in [6.07, 6.45) is 14.7. The van der Waals surface area contributed by atoms with Gasteiger partial charge in [0.15, 0.2) is 0 Å². The molecule has 3 nitrogen and oxygen atoms in total. The molecule has 0 spiro atoms. The highest BCUT2D eigenvalue weighted by Crippen LogP contribution is 2.73. The monoisotopic (exact) mass is 456 g/mol. The van der Waals surface area contributed by atoms with Crippen molar-refractivity contribution < 1.29 is 15.0 Å². The summed E-state index contributed by atoms with van der Waals surface area (Å²) in [6.45, 7) is 16.5. The molecule has 4 aliphatic carbocycles. The fourth-order valence-corrected chi connectivity index (χ4v) is 9.50. The molecule has 0 amide bonds. The second-order valence-electron chi connectivity index (χ2n) is 13.6. The van der Waals surface area contributed by atoms with Gasteiger partial charge in [-0.2, -0.15) is 0 Å². The second-order valence-corrected chi connectivity index (χ2v) is 13.6. The molecule has 4 aliphatic rings. The standard InChI is InChI=1S/C30H48O3/c1-19(9-8-10-20(2)26(32)33)21-13-17-30(7)23-11-12-24-27(3,4)25(31)15-16-28(24,5)22(23)14-18-29(21,30)6/h10-11,19,21-22,24-25,31H,8-9,12-18H2,1-7H3,(H,32,33)/b20-10+/t19-,21-,22+,24?,25-,28-,29-,30+/m1/s1. The molecule has 0 aromatic rings. The van der Waals surface area contributed by atoms with Crippen molar-refractivity contribution in [3.05, 3.63) is 23.3 Å². The van der Waals surface area contributed by atoms with Crippen LogP contribution in [0.2, 0.25) is 0 Å². The molecule has 33 heavy (non-hydrogen) atoms. The first-order valence-electron chi connectivity index (χ1n) is 13.6. The van der Waals surface area contributed by atoms with Crippen molar-refractivity contribution in [3.8, 4) is 0 Å².